The zero-order chi connectivity index (χ0) is 27.4. The summed E-state index contributed by atoms with van der Waals surface area (Å²) < 4.78 is 1.87. The Labute approximate surface area is 242 Å². The van der Waals surface area contributed by atoms with Crippen LogP contribution in [0.5, 0.6) is 0 Å². The molecule has 1 aliphatic rings. The normalized spacial score (nSPS) is 14.3. The lowest BCUT2D eigenvalue weighted by Crippen LogP contribution is -2.06. The third kappa shape index (κ3) is 4.10. The first-order chi connectivity index (χ1) is 19.5. The molecule has 3 aromatic heterocycles. The smallest absolute Gasteiger partial charge is 0.346 e. The van der Waals surface area contributed by atoms with Gasteiger partial charge in [0.2, 0.25) is 0 Å². The van der Waals surface area contributed by atoms with Crippen molar-refractivity contribution < 1.29 is 9.90 Å². The molecule has 1 N–H and O–H groups in total. The molecule has 9 heteroatoms. The minimum atomic E-state index is -0.975. The first kappa shape index (κ1) is 24.7. The topological polar surface area (TPSA) is 80.4 Å². The molecular formula is C31H18Cl2N4O2S. The summed E-state index contributed by atoms with van der Waals surface area (Å²) in [6.07, 6.45) is 3.80. The van der Waals surface area contributed by atoms with E-state index in [1.807, 2.05) is 77.2 Å². The van der Waals surface area contributed by atoms with E-state index in [0.717, 1.165) is 38.4 Å². The minimum absolute atomic E-state index is 0.274. The number of carboxylic acids is 1. The summed E-state index contributed by atoms with van der Waals surface area (Å²) in [6, 6.07) is 26.7. The standard InChI is InChI=1S/C31H18Cl2N4O2S/c32-20-10-6-18(7-11-20)25-15-24(28(40-25)31(38)39)23-14-22(17-4-2-1-3-5-17)26-27(23)34-16-37-29(35-36-30(26)37)19-8-12-21(33)13-9-19/h1-16,23H,(H,38,39). The molecule has 0 saturated carbocycles. The number of carbonyl (C=O) groups is 1. The summed E-state index contributed by atoms with van der Waals surface area (Å²) in [5.74, 6) is -0.712. The lowest BCUT2D eigenvalue weighted by Gasteiger charge is -2.11. The highest BCUT2D eigenvalue weighted by Gasteiger charge is 2.34. The van der Waals surface area contributed by atoms with E-state index in [9.17, 15) is 9.90 Å². The zero-order valence-corrected chi connectivity index (χ0v) is 23.0. The summed E-state index contributed by atoms with van der Waals surface area (Å²) in [6.45, 7) is 0. The van der Waals surface area contributed by atoms with Gasteiger partial charge in [-0.1, -0.05) is 71.7 Å². The fourth-order valence-electron chi connectivity index (χ4n) is 5.14. The minimum Gasteiger partial charge on any atom is -0.477 e. The molecule has 0 aliphatic heterocycles. The van der Waals surface area contributed by atoms with Crippen LogP contribution in [-0.2, 0) is 0 Å². The largest absolute Gasteiger partial charge is 0.477 e. The van der Waals surface area contributed by atoms with Gasteiger partial charge in [0.1, 0.15) is 11.2 Å². The van der Waals surface area contributed by atoms with Crippen LogP contribution < -0.4 is 0 Å². The second-order valence-electron chi connectivity index (χ2n) is 9.36. The van der Waals surface area contributed by atoms with Crippen molar-refractivity contribution in [2.45, 2.75) is 5.92 Å². The van der Waals surface area contributed by atoms with Gasteiger partial charge in [-0.25, -0.2) is 9.78 Å². The van der Waals surface area contributed by atoms with E-state index in [1.54, 1.807) is 18.5 Å². The van der Waals surface area contributed by atoms with Crippen molar-refractivity contribution in [3.05, 3.63) is 135 Å². The van der Waals surface area contributed by atoms with Gasteiger partial charge in [-0.3, -0.25) is 4.40 Å². The Hall–Kier alpha value is -4.30. The molecule has 1 aliphatic carbocycles. The van der Waals surface area contributed by atoms with Crippen LogP contribution in [0.3, 0.4) is 0 Å². The van der Waals surface area contributed by atoms with Crippen molar-refractivity contribution in [1.82, 2.24) is 19.6 Å². The van der Waals surface area contributed by atoms with Gasteiger partial charge in [0.05, 0.1) is 5.69 Å². The summed E-state index contributed by atoms with van der Waals surface area (Å²) in [5.41, 5.74) is 6.60. The van der Waals surface area contributed by atoms with Crippen LogP contribution in [0.4, 0.5) is 0 Å². The van der Waals surface area contributed by atoms with E-state index in [4.69, 9.17) is 28.2 Å². The third-order valence-corrected chi connectivity index (χ3v) is 8.68. The molecule has 0 spiro atoms. The van der Waals surface area contributed by atoms with E-state index in [-0.39, 0.29) is 10.8 Å². The molecule has 194 valence electrons. The van der Waals surface area contributed by atoms with Gasteiger partial charge in [-0.05, 0) is 64.7 Å². The molecule has 0 fully saturated rings. The second kappa shape index (κ2) is 9.71. The Bertz CT molecular complexity index is 1950. The molecule has 0 bridgehead atoms. The Morgan fingerprint density at radius 2 is 1.52 bits per heavy atom. The molecule has 6 aromatic rings. The van der Waals surface area contributed by atoms with Crippen molar-refractivity contribution in [2.24, 2.45) is 0 Å². The van der Waals surface area contributed by atoms with Crippen molar-refractivity contribution in [2.75, 3.05) is 0 Å². The second-order valence-corrected chi connectivity index (χ2v) is 11.3. The van der Waals surface area contributed by atoms with Crippen molar-refractivity contribution >= 4 is 51.7 Å². The summed E-state index contributed by atoms with van der Waals surface area (Å²) in [7, 11) is 0. The molecule has 6 nitrogen and oxygen atoms in total. The number of thiophene rings is 1. The molecule has 1 atom stereocenters. The number of allylic oxidation sites excluding steroid dienone is 1. The molecule has 1 unspecified atom stereocenters. The number of aromatic nitrogens is 4. The van der Waals surface area contributed by atoms with Gasteiger partial charge >= 0.3 is 5.97 Å². The maximum Gasteiger partial charge on any atom is 0.346 e. The van der Waals surface area contributed by atoms with E-state index in [2.05, 4.69) is 16.3 Å². The number of rotatable bonds is 5. The Kier molecular flexibility index (Phi) is 6.00. The molecule has 3 heterocycles. The van der Waals surface area contributed by atoms with Gasteiger partial charge in [-0.2, -0.15) is 0 Å². The van der Waals surface area contributed by atoms with Gasteiger partial charge in [0.25, 0.3) is 0 Å². The van der Waals surface area contributed by atoms with Crippen LogP contribution in [-0.4, -0.2) is 30.7 Å². The lowest BCUT2D eigenvalue weighted by molar-refractivity contribution is 0.0701. The molecule has 7 rings (SSSR count). The average molecular weight is 581 g/mol. The Balaban J connectivity index is 1.44. The van der Waals surface area contributed by atoms with Gasteiger partial charge < -0.3 is 5.11 Å². The average Bonchev–Trinajstić information content (AvgIpc) is 3.69. The predicted octanol–water partition coefficient (Wildman–Crippen LogP) is 8.10. The highest BCUT2D eigenvalue weighted by Crippen LogP contribution is 2.47. The van der Waals surface area contributed by atoms with Crippen LogP contribution in [0, 0.1) is 0 Å². The Morgan fingerprint density at radius 3 is 2.20 bits per heavy atom. The van der Waals surface area contributed by atoms with Crippen molar-refractivity contribution in [3.8, 4) is 21.8 Å². The molecule has 0 amide bonds. The highest BCUT2D eigenvalue weighted by atomic mass is 35.5. The van der Waals surface area contributed by atoms with Crippen LogP contribution >= 0.6 is 34.5 Å². The van der Waals surface area contributed by atoms with Crippen LogP contribution in [0.2, 0.25) is 10.0 Å². The molecule has 3 aromatic carbocycles. The third-order valence-electron chi connectivity index (χ3n) is 6.99. The predicted molar refractivity (Wildman–Crippen MR) is 158 cm³/mol. The summed E-state index contributed by atoms with van der Waals surface area (Å²) in [5, 5.41) is 20.5. The quantitative estimate of drug-likeness (QED) is 0.223. The van der Waals surface area contributed by atoms with Crippen LogP contribution in [0.15, 0.2) is 97.3 Å². The Morgan fingerprint density at radius 1 is 0.850 bits per heavy atom. The number of carboxylic acid groups (broad SMARTS) is 1. The van der Waals surface area contributed by atoms with Crippen molar-refractivity contribution in [1.29, 1.82) is 0 Å². The molecular weight excluding hydrogens is 563 g/mol. The van der Waals surface area contributed by atoms with Gasteiger partial charge in [-0.15, -0.1) is 21.5 Å². The lowest BCUT2D eigenvalue weighted by atomic mass is 9.97. The summed E-state index contributed by atoms with van der Waals surface area (Å²) in [4.78, 5) is 18.5. The van der Waals surface area contributed by atoms with Crippen LogP contribution in [0.1, 0.15) is 38.0 Å². The highest BCUT2D eigenvalue weighted by molar-refractivity contribution is 7.17. The van der Waals surface area contributed by atoms with Crippen LogP contribution in [0.25, 0.3) is 33.0 Å². The van der Waals surface area contributed by atoms with E-state index in [0.29, 0.717) is 27.1 Å². The first-order valence-corrected chi connectivity index (χ1v) is 14.0. The number of halogens is 2. The number of hydrogen-bond donors (Lipinski definition) is 1. The van der Waals surface area contributed by atoms with Gasteiger partial charge in [0.15, 0.2) is 11.5 Å². The van der Waals surface area contributed by atoms with Crippen molar-refractivity contribution in [3.63, 3.8) is 0 Å². The van der Waals surface area contributed by atoms with E-state index in [1.165, 1.54) is 11.3 Å². The maximum atomic E-state index is 12.4. The van der Waals surface area contributed by atoms with E-state index >= 15 is 0 Å². The van der Waals surface area contributed by atoms with Gasteiger partial charge in [0, 0.05) is 32.0 Å². The first-order valence-electron chi connectivity index (χ1n) is 12.4. The number of benzene rings is 3. The molecule has 0 saturated heterocycles. The number of aromatic carboxylic acids is 1. The molecule has 0 radical (unpaired) electrons. The fourth-order valence-corrected chi connectivity index (χ4v) is 6.45. The maximum absolute atomic E-state index is 12.4. The fraction of sp³-hybridized carbons (Fsp3) is 0.0323. The summed E-state index contributed by atoms with van der Waals surface area (Å²) >= 11 is 13.4. The SMILES string of the molecule is O=C(O)c1sc(-c2ccc(Cl)cc2)cc1C1C=C(c2ccccc2)c2c1ncn1c(-c3ccc(Cl)cc3)nnc21. The molecule has 40 heavy (non-hydrogen) atoms. The van der Waals surface area contributed by atoms with E-state index < -0.39 is 5.97 Å². The zero-order valence-electron chi connectivity index (χ0n) is 20.6. The number of fused-ring (bicyclic) bond motifs is 3. The number of nitrogens with zero attached hydrogens (tertiary/aromatic N) is 4. The monoisotopic (exact) mass is 580 g/mol. The number of hydrogen-bond acceptors (Lipinski definition) is 5.